The van der Waals surface area contributed by atoms with Crippen molar-refractivity contribution >= 4 is 30.8 Å². The van der Waals surface area contributed by atoms with Crippen molar-refractivity contribution in [3.63, 3.8) is 0 Å². The number of hydrogen-bond donors (Lipinski definition) is 0. The first kappa shape index (κ1) is 11.3. The van der Waals surface area contributed by atoms with Gasteiger partial charge in [0, 0.05) is 30.6 Å². The molecule has 3 heterocycles. The minimum Gasteiger partial charge on any atom is -0.296 e. The largest absolute Gasteiger partial charge is 0.296 e. The van der Waals surface area contributed by atoms with Crippen LogP contribution in [0, 0.1) is 0 Å². The Kier molecular flexibility index (Phi) is 2.63. The summed E-state index contributed by atoms with van der Waals surface area (Å²) in [6.45, 7) is 0. The lowest BCUT2D eigenvalue weighted by Crippen LogP contribution is -2.12. The number of rotatable bonds is 2. The zero-order valence-corrected chi connectivity index (χ0v) is 11.3. The first-order chi connectivity index (χ1) is 8.69. The lowest BCUT2D eigenvalue weighted by Gasteiger charge is -2.04. The van der Waals surface area contributed by atoms with Crippen molar-refractivity contribution in [1.29, 1.82) is 0 Å². The Balaban J connectivity index is 2.28. The molecular formula is C11H12BN5S. The fourth-order valence-corrected chi connectivity index (χ4v) is 2.55. The monoisotopic (exact) mass is 257 g/mol. The highest BCUT2D eigenvalue weighted by Gasteiger charge is 2.11. The van der Waals surface area contributed by atoms with Gasteiger partial charge in [-0.2, -0.15) is 5.10 Å². The lowest BCUT2D eigenvalue weighted by molar-refractivity contribution is 0.768. The normalized spacial score (nSPS) is 11.2. The van der Waals surface area contributed by atoms with E-state index in [1.165, 1.54) is 0 Å². The average Bonchev–Trinajstić information content (AvgIpc) is 2.93. The Labute approximate surface area is 110 Å². The standard InChI is InChI=1S/C11H12BN5S/c1-16-5-7(3-14-16)8-4-13-10-11(18-2)15-9(12)6-17(8)10/h3-6H,12H2,1-2H3. The molecule has 3 aromatic heterocycles. The third kappa shape index (κ3) is 1.71. The molecule has 0 fully saturated rings. The molecule has 5 nitrogen and oxygen atoms in total. The van der Waals surface area contributed by atoms with Crippen LogP contribution in [0.5, 0.6) is 0 Å². The molecule has 0 aliphatic carbocycles. The molecule has 0 saturated heterocycles. The van der Waals surface area contributed by atoms with Crippen LogP contribution in [0.25, 0.3) is 16.9 Å². The second-order valence-corrected chi connectivity index (χ2v) is 4.93. The highest BCUT2D eigenvalue weighted by atomic mass is 32.2. The molecule has 3 aromatic rings. The molecule has 0 atom stereocenters. The van der Waals surface area contributed by atoms with Crippen LogP contribution in [-0.2, 0) is 7.05 Å². The van der Waals surface area contributed by atoms with Crippen molar-refractivity contribution in [3.05, 3.63) is 24.8 Å². The summed E-state index contributed by atoms with van der Waals surface area (Å²) in [7, 11) is 3.90. The maximum atomic E-state index is 4.49. The number of aromatic nitrogens is 5. The fourth-order valence-electron chi connectivity index (χ4n) is 1.98. The minimum atomic E-state index is 0.895. The molecule has 0 bridgehead atoms. The molecule has 0 aliphatic heterocycles. The van der Waals surface area contributed by atoms with Crippen molar-refractivity contribution in [2.24, 2.45) is 7.05 Å². The summed E-state index contributed by atoms with van der Waals surface area (Å²) >= 11 is 1.61. The summed E-state index contributed by atoms with van der Waals surface area (Å²) < 4.78 is 3.86. The van der Waals surface area contributed by atoms with Gasteiger partial charge in [-0.05, 0) is 6.26 Å². The third-order valence-corrected chi connectivity index (χ3v) is 3.44. The summed E-state index contributed by atoms with van der Waals surface area (Å²) in [6, 6.07) is 0. The molecule has 0 aromatic carbocycles. The fraction of sp³-hybridized carbons (Fsp3) is 0.182. The Bertz CT molecular complexity index is 717. The quantitative estimate of drug-likeness (QED) is 0.483. The molecule has 0 radical (unpaired) electrons. The van der Waals surface area contributed by atoms with Crippen molar-refractivity contribution in [1.82, 2.24) is 24.1 Å². The van der Waals surface area contributed by atoms with Gasteiger partial charge in [0.15, 0.2) is 13.5 Å². The van der Waals surface area contributed by atoms with E-state index in [2.05, 4.69) is 19.5 Å². The molecule has 0 aliphatic rings. The molecular weight excluding hydrogens is 245 g/mol. The van der Waals surface area contributed by atoms with Crippen LogP contribution in [0.3, 0.4) is 0 Å². The summed E-state index contributed by atoms with van der Waals surface area (Å²) in [4.78, 5) is 8.95. The first-order valence-electron chi connectivity index (χ1n) is 5.57. The molecule has 90 valence electrons. The first-order valence-corrected chi connectivity index (χ1v) is 6.79. The van der Waals surface area contributed by atoms with Gasteiger partial charge < -0.3 is 0 Å². The second kappa shape index (κ2) is 4.17. The Morgan fingerprint density at radius 3 is 2.78 bits per heavy atom. The van der Waals surface area contributed by atoms with Crippen molar-refractivity contribution in [2.45, 2.75) is 5.03 Å². The van der Waals surface area contributed by atoms with Gasteiger partial charge in [0.05, 0.1) is 18.1 Å². The van der Waals surface area contributed by atoms with Crippen LogP contribution < -0.4 is 5.59 Å². The summed E-state index contributed by atoms with van der Waals surface area (Å²) in [6.07, 6.45) is 9.72. The van der Waals surface area contributed by atoms with Gasteiger partial charge in [-0.25, -0.2) is 4.98 Å². The number of nitrogens with zero attached hydrogens (tertiary/aromatic N) is 5. The Morgan fingerprint density at radius 1 is 1.28 bits per heavy atom. The number of thioether (sulfide) groups is 1. The smallest absolute Gasteiger partial charge is 0.170 e. The highest BCUT2D eigenvalue weighted by molar-refractivity contribution is 7.98. The molecule has 0 N–H and O–H groups in total. The minimum absolute atomic E-state index is 0.895. The highest BCUT2D eigenvalue weighted by Crippen LogP contribution is 2.23. The van der Waals surface area contributed by atoms with Crippen molar-refractivity contribution in [3.8, 4) is 11.3 Å². The van der Waals surface area contributed by atoms with Crippen molar-refractivity contribution < 1.29 is 0 Å². The van der Waals surface area contributed by atoms with Gasteiger partial charge in [-0.3, -0.25) is 14.1 Å². The SMILES string of the molecule is Bc1cn2c(-c3cnn(C)c3)cnc2c(SC)n1. The van der Waals surface area contributed by atoms with E-state index in [0.717, 1.165) is 27.5 Å². The number of fused-ring (bicyclic) bond motifs is 1. The zero-order chi connectivity index (χ0) is 12.7. The molecule has 0 amide bonds. The van der Waals surface area contributed by atoms with Crippen LogP contribution in [0.1, 0.15) is 0 Å². The van der Waals surface area contributed by atoms with Gasteiger partial charge in [-0.1, -0.05) is 0 Å². The number of imidazole rings is 1. The number of hydrogen-bond acceptors (Lipinski definition) is 4. The van der Waals surface area contributed by atoms with Gasteiger partial charge in [0.2, 0.25) is 0 Å². The maximum Gasteiger partial charge on any atom is 0.170 e. The third-order valence-electron chi connectivity index (χ3n) is 2.78. The van der Waals surface area contributed by atoms with Crippen LogP contribution >= 0.6 is 11.8 Å². The van der Waals surface area contributed by atoms with Crippen LogP contribution in [0.2, 0.25) is 0 Å². The molecule has 0 saturated carbocycles. The van der Waals surface area contributed by atoms with Gasteiger partial charge in [0.25, 0.3) is 0 Å². The predicted octanol–water partition coefficient (Wildman–Crippen LogP) is 0.110. The van der Waals surface area contributed by atoms with E-state index < -0.39 is 0 Å². The topological polar surface area (TPSA) is 48.0 Å². The van der Waals surface area contributed by atoms with Crippen LogP contribution in [0.15, 0.2) is 29.8 Å². The van der Waals surface area contributed by atoms with E-state index in [-0.39, 0.29) is 0 Å². The van der Waals surface area contributed by atoms with Crippen LogP contribution in [-0.4, -0.2) is 38.3 Å². The summed E-state index contributed by atoms with van der Waals surface area (Å²) in [5.41, 5.74) is 3.98. The average molecular weight is 257 g/mol. The van der Waals surface area contributed by atoms with Crippen LogP contribution in [0.4, 0.5) is 0 Å². The van der Waals surface area contributed by atoms with Gasteiger partial charge in [0.1, 0.15) is 5.03 Å². The maximum absolute atomic E-state index is 4.49. The van der Waals surface area contributed by atoms with E-state index in [1.54, 1.807) is 16.4 Å². The van der Waals surface area contributed by atoms with E-state index in [9.17, 15) is 0 Å². The Morgan fingerprint density at radius 2 is 2.11 bits per heavy atom. The van der Waals surface area contributed by atoms with E-state index in [1.807, 2.05) is 45.9 Å². The predicted molar refractivity (Wildman–Crippen MR) is 75.1 cm³/mol. The van der Waals surface area contributed by atoms with Gasteiger partial charge in [-0.15, -0.1) is 11.8 Å². The molecule has 7 heteroatoms. The van der Waals surface area contributed by atoms with E-state index in [0.29, 0.717) is 0 Å². The number of aryl methyl sites for hydroxylation is 1. The van der Waals surface area contributed by atoms with E-state index >= 15 is 0 Å². The molecule has 18 heavy (non-hydrogen) atoms. The summed E-state index contributed by atoms with van der Waals surface area (Å²) in [5.74, 6) is 0. The second-order valence-electron chi connectivity index (χ2n) is 4.13. The zero-order valence-electron chi connectivity index (χ0n) is 10.5. The molecule has 0 spiro atoms. The molecule has 3 rings (SSSR count). The van der Waals surface area contributed by atoms with Crippen molar-refractivity contribution in [2.75, 3.05) is 6.26 Å². The van der Waals surface area contributed by atoms with Gasteiger partial charge >= 0.3 is 0 Å². The van der Waals surface area contributed by atoms with E-state index in [4.69, 9.17) is 0 Å². The Hall–Kier alpha value is -1.76. The summed E-state index contributed by atoms with van der Waals surface area (Å²) in [5, 5.41) is 5.15. The molecule has 0 unspecified atom stereocenters. The lowest BCUT2D eigenvalue weighted by atomic mass is 10.1.